The topological polar surface area (TPSA) is 46.9 Å². The van der Waals surface area contributed by atoms with Crippen LogP contribution in [0.1, 0.15) is 15.9 Å². The maximum Gasteiger partial charge on any atom is 0.252 e. The van der Waals surface area contributed by atoms with Crippen LogP contribution in [0.25, 0.3) is 0 Å². The average molecular weight is 373 g/mol. The molecule has 1 amide bonds. The SMILES string of the molecule is Cn1cc(CNC(=O)c2ccc(Br)cc2Br)cn1. The van der Waals surface area contributed by atoms with Gasteiger partial charge in [-0.05, 0) is 34.1 Å². The minimum Gasteiger partial charge on any atom is -0.348 e. The fourth-order valence-electron chi connectivity index (χ4n) is 1.51. The van der Waals surface area contributed by atoms with Crippen LogP contribution in [0.5, 0.6) is 0 Å². The largest absolute Gasteiger partial charge is 0.348 e. The van der Waals surface area contributed by atoms with Crippen LogP contribution in [0.3, 0.4) is 0 Å². The van der Waals surface area contributed by atoms with Gasteiger partial charge >= 0.3 is 0 Å². The number of nitrogens with zero attached hydrogens (tertiary/aromatic N) is 2. The molecule has 4 nitrogen and oxygen atoms in total. The van der Waals surface area contributed by atoms with E-state index in [4.69, 9.17) is 0 Å². The Balaban J connectivity index is 2.03. The quantitative estimate of drug-likeness (QED) is 0.900. The summed E-state index contributed by atoms with van der Waals surface area (Å²) in [6.07, 6.45) is 3.60. The Morgan fingerprint density at radius 3 is 2.83 bits per heavy atom. The monoisotopic (exact) mass is 371 g/mol. The van der Waals surface area contributed by atoms with Crippen LogP contribution in [0, 0.1) is 0 Å². The maximum absolute atomic E-state index is 12.0. The molecule has 0 fully saturated rings. The number of rotatable bonds is 3. The standard InChI is InChI=1S/C12H11Br2N3O/c1-17-7-8(6-16-17)5-15-12(18)10-3-2-9(13)4-11(10)14/h2-4,6-7H,5H2,1H3,(H,15,18). The number of nitrogens with one attached hydrogen (secondary N) is 1. The lowest BCUT2D eigenvalue weighted by atomic mass is 10.2. The van der Waals surface area contributed by atoms with Gasteiger partial charge in [-0.2, -0.15) is 5.10 Å². The van der Waals surface area contributed by atoms with Crippen molar-refractivity contribution in [3.05, 3.63) is 50.7 Å². The molecule has 0 atom stereocenters. The van der Waals surface area contributed by atoms with Gasteiger partial charge in [0.15, 0.2) is 0 Å². The maximum atomic E-state index is 12.0. The van der Waals surface area contributed by atoms with Crippen molar-refractivity contribution in [3.63, 3.8) is 0 Å². The van der Waals surface area contributed by atoms with Crippen LogP contribution in [0.15, 0.2) is 39.5 Å². The van der Waals surface area contributed by atoms with E-state index in [-0.39, 0.29) is 5.91 Å². The molecule has 0 aliphatic carbocycles. The summed E-state index contributed by atoms with van der Waals surface area (Å²) in [7, 11) is 1.84. The van der Waals surface area contributed by atoms with E-state index in [9.17, 15) is 4.79 Å². The second kappa shape index (κ2) is 5.67. The van der Waals surface area contributed by atoms with Crippen LogP contribution in [-0.2, 0) is 13.6 Å². The zero-order valence-corrected chi connectivity index (χ0v) is 12.8. The van der Waals surface area contributed by atoms with Gasteiger partial charge in [0, 0.05) is 34.3 Å². The second-order valence-corrected chi connectivity index (χ2v) is 5.60. The number of aryl methyl sites for hydroxylation is 1. The molecule has 0 aliphatic rings. The predicted molar refractivity (Wildman–Crippen MR) is 76.2 cm³/mol. The summed E-state index contributed by atoms with van der Waals surface area (Å²) in [6, 6.07) is 5.45. The van der Waals surface area contributed by atoms with Crippen molar-refractivity contribution in [1.82, 2.24) is 15.1 Å². The summed E-state index contributed by atoms with van der Waals surface area (Å²) in [4.78, 5) is 12.0. The average Bonchev–Trinajstić information content (AvgIpc) is 2.72. The van der Waals surface area contributed by atoms with Gasteiger partial charge in [-0.15, -0.1) is 0 Å². The van der Waals surface area contributed by atoms with E-state index in [0.717, 1.165) is 14.5 Å². The molecule has 0 unspecified atom stereocenters. The number of carbonyl (C=O) groups excluding carboxylic acids is 1. The Labute approximate surface area is 122 Å². The third kappa shape index (κ3) is 3.20. The van der Waals surface area contributed by atoms with Crippen molar-refractivity contribution in [2.45, 2.75) is 6.54 Å². The molecule has 18 heavy (non-hydrogen) atoms. The number of halogens is 2. The van der Waals surface area contributed by atoms with Crippen molar-refractivity contribution in [2.75, 3.05) is 0 Å². The Morgan fingerprint density at radius 2 is 2.22 bits per heavy atom. The first-order valence-corrected chi connectivity index (χ1v) is 6.85. The van der Waals surface area contributed by atoms with Crippen molar-refractivity contribution in [2.24, 2.45) is 7.05 Å². The fourth-order valence-corrected chi connectivity index (χ4v) is 2.74. The van der Waals surface area contributed by atoms with Gasteiger partial charge in [0.25, 0.3) is 5.91 Å². The molecular formula is C12H11Br2N3O. The summed E-state index contributed by atoms with van der Waals surface area (Å²) >= 11 is 6.72. The van der Waals surface area contributed by atoms with Gasteiger partial charge < -0.3 is 5.32 Å². The Morgan fingerprint density at radius 1 is 1.44 bits per heavy atom. The molecule has 1 N–H and O–H groups in total. The molecule has 1 heterocycles. The minimum absolute atomic E-state index is 0.113. The third-order valence-corrected chi connectivity index (χ3v) is 3.54. The number of benzene rings is 1. The van der Waals surface area contributed by atoms with Gasteiger partial charge in [-0.1, -0.05) is 15.9 Å². The molecule has 0 radical (unpaired) electrons. The predicted octanol–water partition coefficient (Wildman–Crippen LogP) is 2.88. The summed E-state index contributed by atoms with van der Waals surface area (Å²) in [5.41, 5.74) is 1.58. The molecule has 94 valence electrons. The fraction of sp³-hybridized carbons (Fsp3) is 0.167. The number of carbonyl (C=O) groups is 1. The van der Waals surface area contributed by atoms with Gasteiger partial charge in [-0.3, -0.25) is 9.48 Å². The van der Waals surface area contributed by atoms with Crippen LogP contribution in [0.4, 0.5) is 0 Å². The molecule has 0 spiro atoms. The second-order valence-electron chi connectivity index (χ2n) is 3.83. The van der Waals surface area contributed by atoms with E-state index in [0.29, 0.717) is 12.1 Å². The van der Waals surface area contributed by atoms with Gasteiger partial charge in [0.2, 0.25) is 0 Å². The van der Waals surface area contributed by atoms with Crippen molar-refractivity contribution in [1.29, 1.82) is 0 Å². The molecule has 6 heteroatoms. The molecule has 0 saturated carbocycles. The smallest absolute Gasteiger partial charge is 0.252 e. The zero-order valence-electron chi connectivity index (χ0n) is 9.65. The normalized spacial score (nSPS) is 10.4. The number of aromatic nitrogens is 2. The lowest BCUT2D eigenvalue weighted by molar-refractivity contribution is 0.0950. The van der Waals surface area contributed by atoms with Gasteiger partial charge in [0.05, 0.1) is 11.8 Å². The number of hydrogen-bond donors (Lipinski definition) is 1. The highest BCUT2D eigenvalue weighted by Crippen LogP contribution is 2.21. The molecule has 1 aromatic heterocycles. The Bertz CT molecular complexity index is 580. The van der Waals surface area contributed by atoms with E-state index in [2.05, 4.69) is 42.3 Å². The third-order valence-electron chi connectivity index (χ3n) is 2.39. The van der Waals surface area contributed by atoms with Gasteiger partial charge in [-0.25, -0.2) is 0 Å². The van der Waals surface area contributed by atoms with E-state index in [1.165, 1.54) is 0 Å². The Kier molecular flexibility index (Phi) is 4.19. The molecule has 0 bridgehead atoms. The zero-order chi connectivity index (χ0) is 13.1. The summed E-state index contributed by atoms with van der Waals surface area (Å²) in [5, 5.41) is 6.90. The van der Waals surface area contributed by atoms with E-state index >= 15 is 0 Å². The molecule has 2 aromatic rings. The molecule has 2 rings (SSSR count). The van der Waals surface area contributed by atoms with Crippen LogP contribution < -0.4 is 5.32 Å². The van der Waals surface area contributed by atoms with Crippen molar-refractivity contribution < 1.29 is 4.79 Å². The Hall–Kier alpha value is -1.14. The van der Waals surface area contributed by atoms with Crippen molar-refractivity contribution >= 4 is 37.8 Å². The first kappa shape index (κ1) is 13.3. The molecule has 0 aliphatic heterocycles. The minimum atomic E-state index is -0.113. The van der Waals surface area contributed by atoms with Crippen LogP contribution in [-0.4, -0.2) is 15.7 Å². The molecule has 1 aromatic carbocycles. The highest BCUT2D eigenvalue weighted by Gasteiger charge is 2.10. The lowest BCUT2D eigenvalue weighted by Gasteiger charge is -2.06. The highest BCUT2D eigenvalue weighted by atomic mass is 79.9. The summed E-state index contributed by atoms with van der Waals surface area (Å²) in [5.74, 6) is -0.113. The first-order valence-electron chi connectivity index (χ1n) is 5.27. The number of hydrogen-bond acceptors (Lipinski definition) is 2. The molecule has 0 saturated heterocycles. The highest BCUT2D eigenvalue weighted by molar-refractivity contribution is 9.11. The van der Waals surface area contributed by atoms with Gasteiger partial charge in [0.1, 0.15) is 0 Å². The van der Waals surface area contributed by atoms with E-state index in [1.807, 2.05) is 25.4 Å². The van der Waals surface area contributed by atoms with E-state index < -0.39 is 0 Å². The lowest BCUT2D eigenvalue weighted by Crippen LogP contribution is -2.22. The van der Waals surface area contributed by atoms with Crippen molar-refractivity contribution in [3.8, 4) is 0 Å². The summed E-state index contributed by atoms with van der Waals surface area (Å²) < 4.78 is 3.40. The number of amides is 1. The summed E-state index contributed by atoms with van der Waals surface area (Å²) in [6.45, 7) is 0.467. The van der Waals surface area contributed by atoms with E-state index in [1.54, 1.807) is 16.9 Å². The van der Waals surface area contributed by atoms with Crippen LogP contribution in [0.2, 0.25) is 0 Å². The van der Waals surface area contributed by atoms with Crippen LogP contribution >= 0.6 is 31.9 Å². The molecular weight excluding hydrogens is 362 g/mol. The first-order chi connectivity index (χ1) is 8.56.